The number of benzene rings is 1. The Morgan fingerprint density at radius 2 is 1.81 bits per heavy atom. The Balaban J connectivity index is 1.33. The number of nitrogens with one attached hydrogen (secondary N) is 1. The molecule has 4 rings (SSSR count). The zero-order chi connectivity index (χ0) is 18.8. The fourth-order valence-electron chi connectivity index (χ4n) is 3.20. The number of nitrogens with zero attached hydrogens (tertiary/aromatic N) is 4. The number of carbonyl (C=O) groups excluding carboxylic acids is 1. The van der Waals surface area contributed by atoms with E-state index in [-0.39, 0.29) is 5.91 Å². The van der Waals surface area contributed by atoms with E-state index in [1.165, 1.54) is 0 Å². The third-order valence-corrected chi connectivity index (χ3v) is 5.06. The summed E-state index contributed by atoms with van der Waals surface area (Å²) in [6.07, 6.45) is 3.76. The Kier molecular flexibility index (Phi) is 5.31. The normalized spacial score (nSPS) is 15.9. The molecule has 140 valence electrons. The van der Waals surface area contributed by atoms with Crippen molar-refractivity contribution in [2.45, 2.75) is 6.54 Å². The van der Waals surface area contributed by atoms with Crippen LogP contribution < -0.4 is 5.43 Å². The first kappa shape index (κ1) is 18.3. The molecule has 0 radical (unpaired) electrons. The van der Waals surface area contributed by atoms with E-state index in [9.17, 15) is 4.79 Å². The zero-order valence-electron chi connectivity index (χ0n) is 14.6. The highest BCUT2D eigenvalue weighted by Crippen LogP contribution is 2.22. The van der Waals surface area contributed by atoms with Gasteiger partial charge in [0.05, 0.1) is 15.7 Å². The Bertz CT molecular complexity index is 951. The SMILES string of the molecule is O=C(NN1CCN(Cc2cn3cc(Cl)cc(Cl)c3n2)CC1)c1ccccc1. The number of halogens is 2. The Morgan fingerprint density at radius 3 is 2.56 bits per heavy atom. The highest BCUT2D eigenvalue weighted by atomic mass is 35.5. The van der Waals surface area contributed by atoms with Crippen LogP contribution in [0.2, 0.25) is 10.0 Å². The lowest BCUT2D eigenvalue weighted by atomic mass is 10.2. The van der Waals surface area contributed by atoms with Crippen LogP contribution in [-0.4, -0.2) is 51.4 Å². The van der Waals surface area contributed by atoms with E-state index in [1.54, 1.807) is 12.3 Å². The average Bonchev–Trinajstić information content (AvgIpc) is 3.06. The van der Waals surface area contributed by atoms with Crippen LogP contribution in [0.5, 0.6) is 0 Å². The van der Waals surface area contributed by atoms with Gasteiger partial charge in [-0.05, 0) is 18.2 Å². The molecule has 27 heavy (non-hydrogen) atoms. The first-order valence-electron chi connectivity index (χ1n) is 8.74. The molecule has 1 amide bonds. The van der Waals surface area contributed by atoms with Gasteiger partial charge in [-0.3, -0.25) is 15.1 Å². The van der Waals surface area contributed by atoms with Gasteiger partial charge in [-0.1, -0.05) is 41.4 Å². The Morgan fingerprint density at radius 1 is 1.07 bits per heavy atom. The second-order valence-corrected chi connectivity index (χ2v) is 7.38. The van der Waals surface area contributed by atoms with E-state index < -0.39 is 0 Å². The number of imidazole rings is 1. The summed E-state index contributed by atoms with van der Waals surface area (Å²) in [7, 11) is 0. The fraction of sp³-hybridized carbons (Fsp3) is 0.263. The van der Waals surface area contributed by atoms with Gasteiger partial charge >= 0.3 is 0 Å². The lowest BCUT2D eigenvalue weighted by molar-refractivity contribution is 0.0602. The molecule has 1 aromatic carbocycles. The van der Waals surface area contributed by atoms with E-state index in [0.29, 0.717) is 21.3 Å². The number of hydrazine groups is 1. The van der Waals surface area contributed by atoms with E-state index in [2.05, 4.69) is 15.3 Å². The van der Waals surface area contributed by atoms with Gasteiger partial charge in [0.15, 0.2) is 5.65 Å². The Labute approximate surface area is 167 Å². The first-order chi connectivity index (χ1) is 13.1. The topological polar surface area (TPSA) is 52.9 Å². The summed E-state index contributed by atoms with van der Waals surface area (Å²) in [6.45, 7) is 3.95. The predicted molar refractivity (Wildman–Crippen MR) is 106 cm³/mol. The number of amides is 1. The number of piperazine rings is 1. The van der Waals surface area contributed by atoms with Crippen molar-refractivity contribution >= 4 is 34.8 Å². The second kappa shape index (κ2) is 7.86. The number of hydrogen-bond donors (Lipinski definition) is 1. The average molecular weight is 404 g/mol. The van der Waals surface area contributed by atoms with Gasteiger partial charge in [-0.2, -0.15) is 0 Å². The molecule has 2 aromatic heterocycles. The van der Waals surface area contributed by atoms with Crippen molar-refractivity contribution in [1.82, 2.24) is 24.7 Å². The van der Waals surface area contributed by atoms with Crippen molar-refractivity contribution in [2.75, 3.05) is 26.2 Å². The maximum atomic E-state index is 12.2. The summed E-state index contributed by atoms with van der Waals surface area (Å²) in [5.74, 6) is -0.0732. The van der Waals surface area contributed by atoms with Crippen LogP contribution in [0, 0.1) is 0 Å². The number of hydrogen-bond acceptors (Lipinski definition) is 4. The van der Waals surface area contributed by atoms with Crippen LogP contribution in [0.1, 0.15) is 16.1 Å². The molecule has 6 nitrogen and oxygen atoms in total. The molecule has 1 N–H and O–H groups in total. The standard InChI is InChI=1S/C19H19Cl2N5O/c20-15-10-17(21)18-22-16(13-25(18)11-15)12-24-6-8-26(9-7-24)23-19(27)14-4-2-1-3-5-14/h1-5,10-11,13H,6-9,12H2,(H,23,27). The van der Waals surface area contributed by atoms with Gasteiger partial charge in [0, 0.05) is 50.7 Å². The van der Waals surface area contributed by atoms with E-state index >= 15 is 0 Å². The molecular weight excluding hydrogens is 385 g/mol. The molecule has 0 spiro atoms. The van der Waals surface area contributed by atoms with Crippen molar-refractivity contribution in [3.63, 3.8) is 0 Å². The summed E-state index contributed by atoms with van der Waals surface area (Å²) in [5, 5.41) is 3.09. The molecule has 1 aliphatic rings. The minimum Gasteiger partial charge on any atom is -0.304 e. The van der Waals surface area contributed by atoms with Crippen molar-refractivity contribution < 1.29 is 4.79 Å². The molecule has 8 heteroatoms. The highest BCUT2D eigenvalue weighted by Gasteiger charge is 2.20. The number of carbonyl (C=O) groups is 1. The van der Waals surface area contributed by atoms with E-state index in [1.807, 2.05) is 45.9 Å². The van der Waals surface area contributed by atoms with Crippen molar-refractivity contribution in [3.8, 4) is 0 Å². The van der Waals surface area contributed by atoms with Gasteiger partial charge in [0.25, 0.3) is 5.91 Å². The lowest BCUT2D eigenvalue weighted by Gasteiger charge is -2.34. The maximum absolute atomic E-state index is 12.2. The van der Waals surface area contributed by atoms with Crippen LogP contribution in [0.15, 0.2) is 48.8 Å². The Hall–Kier alpha value is -2.12. The zero-order valence-corrected chi connectivity index (χ0v) is 16.1. The number of pyridine rings is 1. The quantitative estimate of drug-likeness (QED) is 0.726. The van der Waals surface area contributed by atoms with Gasteiger partial charge in [0.1, 0.15) is 0 Å². The minimum absolute atomic E-state index is 0.0732. The molecule has 3 heterocycles. The molecule has 0 aliphatic carbocycles. The van der Waals surface area contributed by atoms with Crippen LogP contribution in [-0.2, 0) is 6.54 Å². The first-order valence-corrected chi connectivity index (χ1v) is 9.50. The van der Waals surface area contributed by atoms with Gasteiger partial charge in [-0.15, -0.1) is 0 Å². The van der Waals surface area contributed by atoms with Crippen molar-refractivity contribution in [2.24, 2.45) is 0 Å². The molecule has 0 saturated carbocycles. The molecular formula is C19H19Cl2N5O. The van der Waals surface area contributed by atoms with E-state index in [4.69, 9.17) is 23.2 Å². The molecule has 0 bridgehead atoms. The highest BCUT2D eigenvalue weighted by molar-refractivity contribution is 6.36. The van der Waals surface area contributed by atoms with Crippen LogP contribution in [0.4, 0.5) is 0 Å². The summed E-state index contributed by atoms with van der Waals surface area (Å²) in [6, 6.07) is 10.9. The largest absolute Gasteiger partial charge is 0.304 e. The summed E-state index contributed by atoms with van der Waals surface area (Å²) < 4.78 is 1.86. The van der Waals surface area contributed by atoms with Gasteiger partial charge in [0.2, 0.25) is 0 Å². The van der Waals surface area contributed by atoms with Crippen LogP contribution in [0.25, 0.3) is 5.65 Å². The van der Waals surface area contributed by atoms with Crippen LogP contribution >= 0.6 is 23.2 Å². The number of rotatable bonds is 4. The maximum Gasteiger partial charge on any atom is 0.265 e. The molecule has 3 aromatic rings. The minimum atomic E-state index is -0.0732. The van der Waals surface area contributed by atoms with Gasteiger partial charge < -0.3 is 4.40 Å². The second-order valence-electron chi connectivity index (χ2n) is 6.54. The number of aromatic nitrogens is 2. The lowest BCUT2D eigenvalue weighted by Crippen LogP contribution is -2.53. The molecule has 1 saturated heterocycles. The van der Waals surface area contributed by atoms with Crippen molar-refractivity contribution in [1.29, 1.82) is 0 Å². The van der Waals surface area contributed by atoms with Gasteiger partial charge in [-0.25, -0.2) is 9.99 Å². The fourth-order valence-corrected chi connectivity index (χ4v) is 3.72. The molecule has 1 fully saturated rings. The smallest absolute Gasteiger partial charge is 0.265 e. The molecule has 1 aliphatic heterocycles. The monoisotopic (exact) mass is 403 g/mol. The van der Waals surface area contributed by atoms with Crippen LogP contribution in [0.3, 0.4) is 0 Å². The third-order valence-electron chi connectivity index (χ3n) is 4.58. The summed E-state index contributed by atoms with van der Waals surface area (Å²) in [4.78, 5) is 19.2. The summed E-state index contributed by atoms with van der Waals surface area (Å²) >= 11 is 12.3. The third kappa shape index (κ3) is 4.25. The predicted octanol–water partition coefficient (Wildman–Crippen LogP) is 3.10. The van der Waals surface area contributed by atoms with E-state index in [0.717, 1.165) is 38.4 Å². The molecule has 0 atom stereocenters. The van der Waals surface area contributed by atoms with Crippen molar-refractivity contribution in [3.05, 3.63) is 70.1 Å². The summed E-state index contributed by atoms with van der Waals surface area (Å²) in [5.41, 5.74) is 5.30. The molecule has 0 unspecified atom stereocenters. The number of fused-ring (bicyclic) bond motifs is 1.